The molecule has 1 saturated heterocycles. The SMILES string of the molecule is O=C(/C=C/c1ccccc1Cl)N1CCN(Cc2c(F)cccc2Cl)CC1. The summed E-state index contributed by atoms with van der Waals surface area (Å²) < 4.78 is 13.9. The van der Waals surface area contributed by atoms with Gasteiger partial charge in [-0.05, 0) is 29.8 Å². The molecule has 0 N–H and O–H groups in total. The molecule has 1 aliphatic rings. The van der Waals surface area contributed by atoms with Crippen molar-refractivity contribution in [1.82, 2.24) is 9.80 Å². The normalized spacial score (nSPS) is 15.6. The summed E-state index contributed by atoms with van der Waals surface area (Å²) in [6.07, 6.45) is 3.28. The molecule has 26 heavy (non-hydrogen) atoms. The van der Waals surface area contributed by atoms with Crippen molar-refractivity contribution in [2.45, 2.75) is 6.54 Å². The molecule has 6 heteroatoms. The smallest absolute Gasteiger partial charge is 0.246 e. The quantitative estimate of drug-likeness (QED) is 0.715. The zero-order chi connectivity index (χ0) is 18.5. The number of amides is 1. The lowest BCUT2D eigenvalue weighted by molar-refractivity contribution is -0.127. The summed E-state index contributed by atoms with van der Waals surface area (Å²) >= 11 is 12.2. The summed E-state index contributed by atoms with van der Waals surface area (Å²) in [4.78, 5) is 16.2. The molecule has 0 unspecified atom stereocenters. The van der Waals surface area contributed by atoms with E-state index in [1.807, 2.05) is 18.2 Å². The van der Waals surface area contributed by atoms with Crippen LogP contribution in [0.2, 0.25) is 10.0 Å². The average molecular weight is 393 g/mol. The predicted molar refractivity (Wildman–Crippen MR) is 104 cm³/mol. The Bertz CT molecular complexity index is 797. The third-order valence-corrected chi connectivity index (χ3v) is 5.14. The fourth-order valence-corrected chi connectivity index (χ4v) is 3.33. The van der Waals surface area contributed by atoms with Gasteiger partial charge in [0.15, 0.2) is 0 Å². The van der Waals surface area contributed by atoms with E-state index in [4.69, 9.17) is 23.2 Å². The molecule has 0 atom stereocenters. The van der Waals surface area contributed by atoms with Crippen LogP contribution >= 0.6 is 23.2 Å². The minimum atomic E-state index is -0.293. The summed E-state index contributed by atoms with van der Waals surface area (Å²) in [5, 5.41) is 1.05. The number of nitrogens with zero attached hydrogens (tertiary/aromatic N) is 2. The highest BCUT2D eigenvalue weighted by Crippen LogP contribution is 2.21. The predicted octanol–water partition coefficient (Wildman–Crippen LogP) is 4.49. The van der Waals surface area contributed by atoms with E-state index in [1.165, 1.54) is 6.07 Å². The molecule has 3 nitrogen and oxygen atoms in total. The van der Waals surface area contributed by atoms with E-state index in [9.17, 15) is 9.18 Å². The highest BCUT2D eigenvalue weighted by atomic mass is 35.5. The Hall–Kier alpha value is -1.88. The molecule has 0 bridgehead atoms. The second-order valence-corrected chi connectivity index (χ2v) is 6.97. The fourth-order valence-electron chi connectivity index (χ4n) is 2.91. The standard InChI is InChI=1S/C20H19Cl2FN2O/c21-17-5-2-1-4-15(17)8-9-20(26)25-12-10-24(11-13-25)14-16-18(22)6-3-7-19(16)23/h1-9H,10-14H2/b9-8+. The van der Waals surface area contributed by atoms with Gasteiger partial charge in [0, 0.05) is 54.4 Å². The topological polar surface area (TPSA) is 23.6 Å². The van der Waals surface area contributed by atoms with Gasteiger partial charge in [0.25, 0.3) is 0 Å². The van der Waals surface area contributed by atoms with Gasteiger partial charge in [-0.25, -0.2) is 4.39 Å². The van der Waals surface area contributed by atoms with Gasteiger partial charge >= 0.3 is 0 Å². The summed E-state index contributed by atoms with van der Waals surface area (Å²) in [5.74, 6) is -0.341. The van der Waals surface area contributed by atoms with Crippen LogP contribution < -0.4 is 0 Å². The molecule has 1 heterocycles. The Kier molecular flexibility index (Phi) is 6.30. The van der Waals surface area contributed by atoms with Crippen molar-refractivity contribution in [2.75, 3.05) is 26.2 Å². The molecule has 0 radical (unpaired) electrons. The molecule has 1 aliphatic heterocycles. The number of carbonyl (C=O) groups is 1. The van der Waals surface area contributed by atoms with Crippen LogP contribution in [-0.2, 0) is 11.3 Å². The van der Waals surface area contributed by atoms with Crippen LogP contribution in [0.15, 0.2) is 48.5 Å². The van der Waals surface area contributed by atoms with Crippen LogP contribution in [0.5, 0.6) is 0 Å². The van der Waals surface area contributed by atoms with Gasteiger partial charge in [-0.2, -0.15) is 0 Å². The molecule has 0 aliphatic carbocycles. The highest BCUT2D eigenvalue weighted by molar-refractivity contribution is 6.32. The monoisotopic (exact) mass is 392 g/mol. The lowest BCUT2D eigenvalue weighted by atomic mass is 10.1. The fraction of sp³-hybridized carbons (Fsp3) is 0.250. The van der Waals surface area contributed by atoms with Gasteiger partial charge in [-0.1, -0.05) is 47.5 Å². The number of rotatable bonds is 4. The number of halogens is 3. The van der Waals surface area contributed by atoms with Crippen molar-refractivity contribution >= 4 is 35.2 Å². The average Bonchev–Trinajstić information content (AvgIpc) is 2.64. The molecule has 1 fully saturated rings. The van der Waals surface area contributed by atoms with E-state index in [2.05, 4.69) is 4.90 Å². The van der Waals surface area contributed by atoms with E-state index in [0.29, 0.717) is 48.3 Å². The van der Waals surface area contributed by atoms with Crippen molar-refractivity contribution in [1.29, 1.82) is 0 Å². The minimum absolute atomic E-state index is 0.0477. The third kappa shape index (κ3) is 4.64. The van der Waals surface area contributed by atoms with Crippen molar-refractivity contribution in [2.24, 2.45) is 0 Å². The van der Waals surface area contributed by atoms with E-state index in [-0.39, 0.29) is 11.7 Å². The van der Waals surface area contributed by atoms with Crippen molar-refractivity contribution in [3.8, 4) is 0 Å². The number of hydrogen-bond acceptors (Lipinski definition) is 2. The van der Waals surface area contributed by atoms with E-state index >= 15 is 0 Å². The second kappa shape index (κ2) is 8.67. The van der Waals surface area contributed by atoms with E-state index in [1.54, 1.807) is 35.3 Å². The van der Waals surface area contributed by atoms with Gasteiger partial charge in [0.05, 0.1) is 0 Å². The first-order valence-electron chi connectivity index (χ1n) is 8.41. The maximum Gasteiger partial charge on any atom is 0.246 e. The Balaban J connectivity index is 1.55. The van der Waals surface area contributed by atoms with Crippen LogP contribution in [0.1, 0.15) is 11.1 Å². The van der Waals surface area contributed by atoms with E-state index < -0.39 is 0 Å². The summed E-state index contributed by atoms with van der Waals surface area (Å²) in [5.41, 5.74) is 1.32. The van der Waals surface area contributed by atoms with Crippen molar-refractivity contribution in [3.63, 3.8) is 0 Å². The lowest BCUT2D eigenvalue weighted by Gasteiger charge is -2.34. The third-order valence-electron chi connectivity index (χ3n) is 4.44. The molecule has 0 aromatic heterocycles. The van der Waals surface area contributed by atoms with Crippen molar-refractivity contribution in [3.05, 3.63) is 75.5 Å². The summed E-state index contributed by atoms with van der Waals surface area (Å²) in [6.45, 7) is 2.99. The van der Waals surface area contributed by atoms with Gasteiger partial charge in [0.1, 0.15) is 5.82 Å². The molecular formula is C20H19Cl2FN2O. The molecule has 1 amide bonds. The number of benzene rings is 2. The first-order valence-corrected chi connectivity index (χ1v) is 9.17. The van der Waals surface area contributed by atoms with Crippen LogP contribution in [0.3, 0.4) is 0 Å². The lowest BCUT2D eigenvalue weighted by Crippen LogP contribution is -2.47. The first-order chi connectivity index (χ1) is 12.5. The maximum absolute atomic E-state index is 13.9. The second-order valence-electron chi connectivity index (χ2n) is 6.16. The van der Waals surface area contributed by atoms with Gasteiger partial charge < -0.3 is 4.90 Å². The van der Waals surface area contributed by atoms with Crippen molar-refractivity contribution < 1.29 is 9.18 Å². The van der Waals surface area contributed by atoms with Gasteiger partial charge in [0.2, 0.25) is 5.91 Å². The largest absolute Gasteiger partial charge is 0.337 e. The maximum atomic E-state index is 13.9. The Morgan fingerprint density at radius 2 is 1.69 bits per heavy atom. The molecule has 2 aromatic carbocycles. The molecule has 136 valence electrons. The molecule has 0 saturated carbocycles. The minimum Gasteiger partial charge on any atom is -0.337 e. The molecule has 3 rings (SSSR count). The Morgan fingerprint density at radius 1 is 1.00 bits per heavy atom. The number of hydrogen-bond donors (Lipinski definition) is 0. The van der Waals surface area contributed by atoms with Crippen LogP contribution in [0.4, 0.5) is 4.39 Å². The van der Waals surface area contributed by atoms with Crippen LogP contribution in [-0.4, -0.2) is 41.9 Å². The zero-order valence-corrected chi connectivity index (χ0v) is 15.7. The number of piperazine rings is 1. The summed E-state index contributed by atoms with van der Waals surface area (Å²) in [6, 6.07) is 12.1. The molecule has 2 aromatic rings. The first kappa shape index (κ1) is 18.9. The highest BCUT2D eigenvalue weighted by Gasteiger charge is 2.21. The zero-order valence-electron chi connectivity index (χ0n) is 14.2. The van der Waals surface area contributed by atoms with Gasteiger partial charge in [-0.15, -0.1) is 0 Å². The summed E-state index contributed by atoms with van der Waals surface area (Å²) in [7, 11) is 0. The Labute approximate surface area is 162 Å². The number of carbonyl (C=O) groups excluding carboxylic acids is 1. The Morgan fingerprint density at radius 3 is 2.38 bits per heavy atom. The van der Waals surface area contributed by atoms with Crippen LogP contribution in [0.25, 0.3) is 6.08 Å². The molecule has 0 spiro atoms. The van der Waals surface area contributed by atoms with Crippen LogP contribution in [0, 0.1) is 5.82 Å². The van der Waals surface area contributed by atoms with Gasteiger partial charge in [-0.3, -0.25) is 9.69 Å². The van der Waals surface area contributed by atoms with E-state index in [0.717, 1.165) is 5.56 Å². The molecular weight excluding hydrogens is 374 g/mol.